The molecule has 0 bridgehead atoms. The number of hydrogen-bond donors (Lipinski definition) is 0. The zero-order valence-electron chi connectivity index (χ0n) is 15.2. The van der Waals surface area contributed by atoms with Gasteiger partial charge in [0.25, 0.3) is 0 Å². The second-order valence-corrected chi connectivity index (χ2v) is 6.26. The quantitative estimate of drug-likeness (QED) is 0.693. The van der Waals surface area contributed by atoms with E-state index in [1.54, 1.807) is 31.4 Å². The van der Waals surface area contributed by atoms with E-state index in [1.807, 2.05) is 26.0 Å². The molecule has 1 aromatic heterocycles. The van der Waals surface area contributed by atoms with Crippen molar-refractivity contribution < 1.29 is 18.7 Å². The van der Waals surface area contributed by atoms with Crippen LogP contribution in [0.5, 0.6) is 11.5 Å². The van der Waals surface area contributed by atoms with E-state index in [9.17, 15) is 9.59 Å². The third kappa shape index (κ3) is 3.33. The van der Waals surface area contributed by atoms with Gasteiger partial charge in [-0.2, -0.15) is 0 Å². The minimum Gasteiger partial charge on any atom is -0.497 e. The molecule has 5 heteroatoms. The van der Waals surface area contributed by atoms with E-state index in [4.69, 9.17) is 13.9 Å². The SMILES string of the molecule is COc1ccc(-c2oc3cc(C)cc(C)c3c(=O)c2OCC(C)=O)cc1. The molecule has 26 heavy (non-hydrogen) atoms. The van der Waals surface area contributed by atoms with Crippen molar-refractivity contribution in [2.75, 3.05) is 13.7 Å². The summed E-state index contributed by atoms with van der Waals surface area (Å²) < 4.78 is 16.8. The van der Waals surface area contributed by atoms with Crippen molar-refractivity contribution in [3.05, 3.63) is 57.7 Å². The lowest BCUT2D eigenvalue weighted by Gasteiger charge is -2.12. The molecule has 0 amide bonds. The predicted octanol–water partition coefficient (Wildman–Crippen LogP) is 4.05. The van der Waals surface area contributed by atoms with Crippen molar-refractivity contribution >= 4 is 16.8 Å². The maximum absolute atomic E-state index is 13.1. The lowest BCUT2D eigenvalue weighted by molar-refractivity contribution is -0.118. The van der Waals surface area contributed by atoms with Crippen LogP contribution >= 0.6 is 0 Å². The molecule has 1 heterocycles. The maximum atomic E-state index is 13.1. The Morgan fingerprint density at radius 2 is 1.81 bits per heavy atom. The fraction of sp³-hybridized carbons (Fsp3) is 0.238. The fourth-order valence-electron chi connectivity index (χ4n) is 2.91. The number of hydrogen-bond acceptors (Lipinski definition) is 5. The van der Waals surface area contributed by atoms with Crippen LogP contribution in [-0.2, 0) is 4.79 Å². The van der Waals surface area contributed by atoms with Crippen molar-refractivity contribution in [2.24, 2.45) is 0 Å². The molecular formula is C21H20O5. The summed E-state index contributed by atoms with van der Waals surface area (Å²) in [5, 5.41) is 0.464. The van der Waals surface area contributed by atoms with Gasteiger partial charge in [0.05, 0.1) is 12.5 Å². The Labute approximate surface area is 151 Å². The molecule has 5 nitrogen and oxygen atoms in total. The summed E-state index contributed by atoms with van der Waals surface area (Å²) in [5.41, 5.74) is 2.69. The Morgan fingerprint density at radius 3 is 2.42 bits per heavy atom. The molecule has 3 aromatic rings. The predicted molar refractivity (Wildman–Crippen MR) is 100 cm³/mol. The number of ether oxygens (including phenoxy) is 2. The first-order valence-corrected chi connectivity index (χ1v) is 8.25. The van der Waals surface area contributed by atoms with Crippen LogP contribution in [0.2, 0.25) is 0 Å². The van der Waals surface area contributed by atoms with Crippen molar-refractivity contribution in [3.63, 3.8) is 0 Å². The first kappa shape index (κ1) is 17.7. The number of ketones is 1. The highest BCUT2D eigenvalue weighted by molar-refractivity contribution is 5.85. The molecule has 0 aliphatic heterocycles. The summed E-state index contributed by atoms with van der Waals surface area (Å²) in [7, 11) is 1.58. The molecule has 0 atom stereocenters. The first-order chi connectivity index (χ1) is 12.4. The number of fused-ring (bicyclic) bond motifs is 1. The van der Waals surface area contributed by atoms with Gasteiger partial charge in [-0.3, -0.25) is 9.59 Å². The monoisotopic (exact) mass is 352 g/mol. The molecule has 0 aliphatic carbocycles. The highest BCUT2D eigenvalue weighted by Crippen LogP contribution is 2.33. The largest absolute Gasteiger partial charge is 0.497 e. The lowest BCUT2D eigenvalue weighted by atomic mass is 10.0. The topological polar surface area (TPSA) is 65.7 Å². The van der Waals surface area contributed by atoms with Crippen LogP contribution in [0.3, 0.4) is 0 Å². The lowest BCUT2D eigenvalue weighted by Crippen LogP contribution is -2.15. The van der Waals surface area contributed by atoms with Gasteiger partial charge >= 0.3 is 0 Å². The van der Waals surface area contributed by atoms with E-state index in [0.29, 0.717) is 28.0 Å². The number of rotatable bonds is 5. The zero-order chi connectivity index (χ0) is 18.8. The Balaban J connectivity index is 2.28. The summed E-state index contributed by atoms with van der Waals surface area (Å²) in [4.78, 5) is 24.4. The number of aryl methyl sites for hydroxylation is 2. The number of carbonyl (C=O) groups excluding carboxylic acids is 1. The van der Waals surface area contributed by atoms with Gasteiger partial charge in [-0.1, -0.05) is 6.07 Å². The number of carbonyl (C=O) groups is 1. The van der Waals surface area contributed by atoms with Crippen LogP contribution in [-0.4, -0.2) is 19.5 Å². The average Bonchev–Trinajstić information content (AvgIpc) is 2.60. The minimum atomic E-state index is -0.282. The van der Waals surface area contributed by atoms with E-state index in [0.717, 1.165) is 11.1 Å². The fourth-order valence-corrected chi connectivity index (χ4v) is 2.91. The Bertz CT molecular complexity index is 1030. The normalized spacial score (nSPS) is 10.8. The summed E-state index contributed by atoms with van der Waals surface area (Å²) in [6, 6.07) is 10.9. The molecule has 0 N–H and O–H groups in total. The molecule has 0 spiro atoms. The van der Waals surface area contributed by atoms with E-state index in [-0.39, 0.29) is 23.6 Å². The Hall–Kier alpha value is -3.08. The van der Waals surface area contributed by atoms with Crippen LogP contribution < -0.4 is 14.9 Å². The standard InChI is InChI=1S/C21H20O5/c1-12-9-13(2)18-17(10-12)26-20(15-5-7-16(24-4)8-6-15)21(19(18)23)25-11-14(3)22/h5-10H,11H2,1-4H3. The van der Waals surface area contributed by atoms with Crippen molar-refractivity contribution in [1.29, 1.82) is 0 Å². The smallest absolute Gasteiger partial charge is 0.235 e. The molecule has 0 aliphatic rings. The second kappa shape index (κ2) is 7.04. The van der Waals surface area contributed by atoms with Crippen LogP contribution in [0, 0.1) is 13.8 Å². The third-order valence-electron chi connectivity index (χ3n) is 4.07. The third-order valence-corrected chi connectivity index (χ3v) is 4.07. The van der Waals surface area contributed by atoms with Gasteiger partial charge in [0.2, 0.25) is 11.2 Å². The Morgan fingerprint density at radius 1 is 1.12 bits per heavy atom. The van der Waals surface area contributed by atoms with Crippen LogP contribution in [0.1, 0.15) is 18.1 Å². The molecular weight excluding hydrogens is 332 g/mol. The van der Waals surface area contributed by atoms with E-state index in [1.165, 1.54) is 6.92 Å². The van der Waals surface area contributed by atoms with Crippen molar-refractivity contribution in [1.82, 2.24) is 0 Å². The van der Waals surface area contributed by atoms with Crippen LogP contribution in [0.25, 0.3) is 22.3 Å². The van der Waals surface area contributed by atoms with Crippen LogP contribution in [0.15, 0.2) is 45.6 Å². The van der Waals surface area contributed by atoms with Gasteiger partial charge in [-0.25, -0.2) is 0 Å². The number of benzene rings is 2. The van der Waals surface area contributed by atoms with E-state index < -0.39 is 0 Å². The highest BCUT2D eigenvalue weighted by Gasteiger charge is 2.19. The molecule has 0 unspecified atom stereocenters. The minimum absolute atomic E-state index is 0.0461. The average molecular weight is 352 g/mol. The number of Topliss-reactive ketones (excluding diaryl/α,β-unsaturated/α-hetero) is 1. The summed E-state index contributed by atoms with van der Waals surface area (Å²) in [6.07, 6.45) is 0. The highest BCUT2D eigenvalue weighted by atomic mass is 16.5. The van der Waals surface area contributed by atoms with E-state index >= 15 is 0 Å². The Kier molecular flexibility index (Phi) is 4.80. The van der Waals surface area contributed by atoms with Crippen molar-refractivity contribution in [3.8, 4) is 22.8 Å². The molecule has 134 valence electrons. The zero-order valence-corrected chi connectivity index (χ0v) is 15.2. The molecule has 3 rings (SSSR count). The van der Waals surface area contributed by atoms with E-state index in [2.05, 4.69) is 0 Å². The number of methoxy groups -OCH3 is 1. The second-order valence-electron chi connectivity index (χ2n) is 6.26. The van der Waals surface area contributed by atoms with Gasteiger partial charge in [-0.15, -0.1) is 0 Å². The molecule has 0 saturated heterocycles. The van der Waals surface area contributed by atoms with Gasteiger partial charge in [0.1, 0.15) is 17.9 Å². The molecule has 0 radical (unpaired) electrons. The summed E-state index contributed by atoms with van der Waals surface area (Å²) in [5.74, 6) is 0.863. The maximum Gasteiger partial charge on any atom is 0.235 e. The van der Waals surface area contributed by atoms with Gasteiger partial charge < -0.3 is 13.9 Å². The summed E-state index contributed by atoms with van der Waals surface area (Å²) in [6.45, 7) is 5.02. The van der Waals surface area contributed by atoms with Crippen LogP contribution in [0.4, 0.5) is 0 Å². The van der Waals surface area contributed by atoms with Crippen molar-refractivity contribution in [2.45, 2.75) is 20.8 Å². The van der Waals surface area contributed by atoms with Gasteiger partial charge in [0.15, 0.2) is 11.5 Å². The summed E-state index contributed by atoms with van der Waals surface area (Å²) >= 11 is 0. The first-order valence-electron chi connectivity index (χ1n) is 8.25. The molecule has 2 aromatic carbocycles. The van der Waals surface area contributed by atoms with Gasteiger partial charge in [-0.05, 0) is 62.2 Å². The molecule has 0 saturated carbocycles. The molecule has 0 fully saturated rings. The van der Waals surface area contributed by atoms with Gasteiger partial charge in [0, 0.05) is 5.56 Å².